The topological polar surface area (TPSA) is 38.0 Å². The van der Waals surface area contributed by atoms with Gasteiger partial charge in [-0.15, -0.1) is 0 Å². The molecule has 0 aliphatic carbocycles. The van der Waals surface area contributed by atoms with Crippen LogP contribution in [0.2, 0.25) is 0 Å². The summed E-state index contributed by atoms with van der Waals surface area (Å²) in [6.45, 7) is 0. The fourth-order valence-electron chi connectivity index (χ4n) is 1.12. The number of benzene rings is 1. The van der Waals surface area contributed by atoms with Crippen LogP contribution in [0.5, 0.6) is 0 Å². The minimum absolute atomic E-state index is 0.337. The molecule has 0 aliphatic heterocycles. The first-order valence-electron chi connectivity index (χ1n) is 4.10. The summed E-state index contributed by atoms with van der Waals surface area (Å²) in [4.78, 5) is 0. The van der Waals surface area contributed by atoms with Gasteiger partial charge in [-0.1, -0.05) is 0 Å². The van der Waals surface area contributed by atoms with Crippen LogP contribution in [0.4, 0.5) is 21.5 Å². The number of thiophene rings is 1. The average Bonchev–Trinajstić information content (AvgIpc) is 2.62. The lowest BCUT2D eigenvalue weighted by Gasteiger charge is -2.05. The molecule has 2 aromatic rings. The minimum atomic E-state index is -0.337. The van der Waals surface area contributed by atoms with Crippen LogP contribution in [0.15, 0.2) is 35.0 Å². The average molecular weight is 208 g/mol. The molecule has 0 aliphatic rings. The van der Waals surface area contributed by atoms with Gasteiger partial charge in [0.15, 0.2) is 0 Å². The maximum Gasteiger partial charge on any atom is 0.148 e. The van der Waals surface area contributed by atoms with E-state index in [1.807, 2.05) is 16.8 Å². The van der Waals surface area contributed by atoms with Gasteiger partial charge in [0.1, 0.15) is 5.82 Å². The van der Waals surface area contributed by atoms with E-state index >= 15 is 0 Å². The van der Waals surface area contributed by atoms with Gasteiger partial charge in [-0.25, -0.2) is 4.39 Å². The lowest BCUT2D eigenvalue weighted by molar-refractivity contribution is 0.632. The zero-order valence-corrected chi connectivity index (χ0v) is 8.14. The van der Waals surface area contributed by atoms with E-state index in [0.29, 0.717) is 11.4 Å². The second-order valence-electron chi connectivity index (χ2n) is 2.88. The van der Waals surface area contributed by atoms with Crippen LogP contribution in [0.25, 0.3) is 0 Å². The summed E-state index contributed by atoms with van der Waals surface area (Å²) in [6.07, 6.45) is 0. The number of rotatable bonds is 2. The van der Waals surface area contributed by atoms with E-state index in [1.54, 1.807) is 23.5 Å². The molecular weight excluding hydrogens is 199 g/mol. The highest BCUT2D eigenvalue weighted by Crippen LogP contribution is 2.22. The number of anilines is 3. The Morgan fingerprint density at radius 1 is 1.29 bits per heavy atom. The molecule has 1 aromatic heterocycles. The second-order valence-corrected chi connectivity index (χ2v) is 3.66. The number of nitrogens with one attached hydrogen (secondary N) is 1. The predicted molar refractivity (Wildman–Crippen MR) is 58.4 cm³/mol. The van der Waals surface area contributed by atoms with Gasteiger partial charge in [0.25, 0.3) is 0 Å². The van der Waals surface area contributed by atoms with E-state index in [9.17, 15) is 4.39 Å². The number of hydrogen-bond donors (Lipinski definition) is 2. The Morgan fingerprint density at radius 2 is 2.14 bits per heavy atom. The molecule has 0 bridgehead atoms. The molecule has 1 heterocycles. The van der Waals surface area contributed by atoms with Crippen molar-refractivity contribution in [3.05, 3.63) is 40.8 Å². The molecule has 3 N–H and O–H groups in total. The third kappa shape index (κ3) is 1.85. The molecule has 2 nitrogen and oxygen atoms in total. The Morgan fingerprint density at radius 3 is 2.79 bits per heavy atom. The second kappa shape index (κ2) is 3.67. The Balaban J connectivity index is 2.25. The molecule has 72 valence electrons. The van der Waals surface area contributed by atoms with Crippen LogP contribution in [0.1, 0.15) is 0 Å². The molecule has 14 heavy (non-hydrogen) atoms. The molecule has 0 amide bonds. The summed E-state index contributed by atoms with van der Waals surface area (Å²) in [5.41, 5.74) is 7.19. The number of hydrogen-bond acceptors (Lipinski definition) is 3. The van der Waals surface area contributed by atoms with Crippen molar-refractivity contribution in [1.29, 1.82) is 0 Å². The van der Waals surface area contributed by atoms with Crippen LogP contribution in [0, 0.1) is 5.82 Å². The quantitative estimate of drug-likeness (QED) is 0.744. The first-order valence-corrected chi connectivity index (χ1v) is 5.04. The molecule has 4 heteroatoms. The van der Waals surface area contributed by atoms with Gasteiger partial charge in [0.2, 0.25) is 0 Å². The number of nitrogen functional groups attached to an aromatic ring is 1. The van der Waals surface area contributed by atoms with E-state index < -0.39 is 0 Å². The summed E-state index contributed by atoms with van der Waals surface area (Å²) >= 11 is 1.56. The molecule has 1 aromatic carbocycles. The van der Waals surface area contributed by atoms with Crippen LogP contribution in [-0.2, 0) is 0 Å². The number of nitrogens with two attached hydrogens (primary N) is 1. The lowest BCUT2D eigenvalue weighted by Crippen LogP contribution is -1.94. The van der Waals surface area contributed by atoms with Gasteiger partial charge in [-0.2, -0.15) is 11.3 Å². The Hall–Kier alpha value is -1.55. The van der Waals surface area contributed by atoms with E-state index in [4.69, 9.17) is 5.73 Å². The largest absolute Gasteiger partial charge is 0.399 e. The van der Waals surface area contributed by atoms with Crippen molar-refractivity contribution in [3.8, 4) is 0 Å². The highest BCUT2D eigenvalue weighted by atomic mass is 32.1. The monoisotopic (exact) mass is 208 g/mol. The Bertz CT molecular complexity index is 426. The first kappa shape index (κ1) is 9.02. The lowest BCUT2D eigenvalue weighted by atomic mass is 10.2. The molecule has 0 fully saturated rings. The SMILES string of the molecule is Nc1ccc(Nc2ccsc2)c(F)c1. The van der Waals surface area contributed by atoms with E-state index in [2.05, 4.69) is 5.32 Å². The van der Waals surface area contributed by atoms with Crippen molar-refractivity contribution < 1.29 is 4.39 Å². The molecule has 2 rings (SSSR count). The predicted octanol–water partition coefficient (Wildman–Crippen LogP) is 3.21. The molecule has 0 radical (unpaired) electrons. The van der Waals surface area contributed by atoms with Crippen molar-refractivity contribution >= 4 is 28.4 Å². The van der Waals surface area contributed by atoms with Crippen molar-refractivity contribution in [3.63, 3.8) is 0 Å². The first-order chi connectivity index (χ1) is 6.75. The summed E-state index contributed by atoms with van der Waals surface area (Å²) in [7, 11) is 0. The standard InChI is InChI=1S/C10H9FN2S/c11-9-5-7(12)1-2-10(9)13-8-3-4-14-6-8/h1-6,13H,12H2. The van der Waals surface area contributed by atoms with Crippen LogP contribution in [-0.4, -0.2) is 0 Å². The number of halogens is 1. The van der Waals surface area contributed by atoms with Crippen molar-refractivity contribution in [2.75, 3.05) is 11.1 Å². The normalized spacial score (nSPS) is 10.1. The Kier molecular flexibility index (Phi) is 2.37. The maximum atomic E-state index is 13.3. The highest BCUT2D eigenvalue weighted by Gasteiger charge is 2.02. The van der Waals surface area contributed by atoms with Gasteiger partial charge < -0.3 is 11.1 Å². The zero-order valence-electron chi connectivity index (χ0n) is 7.33. The van der Waals surface area contributed by atoms with Crippen LogP contribution >= 0.6 is 11.3 Å². The van der Waals surface area contributed by atoms with E-state index in [0.717, 1.165) is 5.69 Å². The minimum Gasteiger partial charge on any atom is -0.399 e. The van der Waals surface area contributed by atoms with Gasteiger partial charge in [0, 0.05) is 16.8 Å². The third-order valence-corrected chi connectivity index (χ3v) is 2.48. The maximum absolute atomic E-state index is 13.3. The fraction of sp³-hybridized carbons (Fsp3) is 0. The van der Waals surface area contributed by atoms with Crippen molar-refractivity contribution in [1.82, 2.24) is 0 Å². The smallest absolute Gasteiger partial charge is 0.148 e. The fourth-order valence-corrected chi connectivity index (χ4v) is 1.71. The van der Waals surface area contributed by atoms with Crippen molar-refractivity contribution in [2.24, 2.45) is 0 Å². The van der Waals surface area contributed by atoms with Gasteiger partial charge in [-0.3, -0.25) is 0 Å². The van der Waals surface area contributed by atoms with Gasteiger partial charge >= 0.3 is 0 Å². The zero-order chi connectivity index (χ0) is 9.97. The molecule has 0 saturated carbocycles. The van der Waals surface area contributed by atoms with Crippen LogP contribution in [0.3, 0.4) is 0 Å². The van der Waals surface area contributed by atoms with Crippen molar-refractivity contribution in [2.45, 2.75) is 0 Å². The van der Waals surface area contributed by atoms with E-state index in [1.165, 1.54) is 6.07 Å². The van der Waals surface area contributed by atoms with E-state index in [-0.39, 0.29) is 5.82 Å². The molecule has 0 unspecified atom stereocenters. The Labute approximate surface area is 85.2 Å². The molecule has 0 spiro atoms. The summed E-state index contributed by atoms with van der Waals surface area (Å²) < 4.78 is 13.3. The van der Waals surface area contributed by atoms with Gasteiger partial charge in [-0.05, 0) is 29.6 Å². The molecular formula is C10H9FN2S. The van der Waals surface area contributed by atoms with Crippen LogP contribution < -0.4 is 11.1 Å². The highest BCUT2D eigenvalue weighted by molar-refractivity contribution is 7.08. The molecule has 0 atom stereocenters. The van der Waals surface area contributed by atoms with Gasteiger partial charge in [0.05, 0.1) is 5.69 Å². The molecule has 0 saturated heterocycles. The third-order valence-electron chi connectivity index (χ3n) is 1.79. The summed E-state index contributed by atoms with van der Waals surface area (Å²) in [5.74, 6) is -0.337. The summed E-state index contributed by atoms with van der Waals surface area (Å²) in [6, 6.07) is 6.48. The summed E-state index contributed by atoms with van der Waals surface area (Å²) in [5, 5.41) is 6.80.